The second-order valence-electron chi connectivity index (χ2n) is 31.3. The van der Waals surface area contributed by atoms with Crippen LogP contribution < -0.4 is 0 Å². The highest BCUT2D eigenvalue weighted by molar-refractivity contribution is 6.24. The molecule has 0 amide bonds. The van der Waals surface area contributed by atoms with Gasteiger partial charge >= 0.3 is 0 Å². The predicted octanol–water partition coefficient (Wildman–Crippen LogP) is 30.5. The fraction of sp³-hybridized carbons (Fsp3) is 0.0545. The first-order chi connectivity index (χ1) is 54.1. The number of hydrogen-bond acceptors (Lipinski definition) is 0. The standard InChI is InChI=1S/2C55H38/c1-55(2)51-34-37-17-4-3-16-36(37)33-50(51)49-30-14-29-44(54(49)55)39-20-12-22-41(32-39)53-47-26-9-7-24-45(47)52(46-25-8-10-27-48(46)53)40-21-11-19-38(31-40)43-28-13-18-35-15-5-6-23-42(35)43;1-55(2)51-34-38-18-6-5-17-37(38)33-50(51)49-28-14-27-43(54(49)55)39-19-13-20-41(32-39)52-45-23-9-11-25-47(45)53(48-26-12-10-24-46(48)52)44-22-8-7-21-42(44)40-30-29-35-15-3-4-16-36(35)31-40/h2*3-34H,1-2H3. The van der Waals surface area contributed by atoms with Crippen molar-refractivity contribution in [1.82, 2.24) is 0 Å². The zero-order valence-corrected chi connectivity index (χ0v) is 62.0. The fourth-order valence-electron chi connectivity index (χ4n) is 19.4. The SMILES string of the molecule is CC1(C)c2cc3ccccc3cc2-c2cccc(-c3cccc(-c4c5ccccc5c(-c5cccc(-c6cccc7ccccc67)c5)c5ccccc45)c3)c21.CC1(C)c2cc3ccccc3cc2-c2cccc(-c3cccc(-c4c5ccccc5c(-c5ccccc5-c5ccc6ccccc6c5)c5ccccc45)c3)c21. The molecule has 0 fully saturated rings. The van der Waals surface area contributed by atoms with Crippen LogP contribution in [-0.2, 0) is 10.8 Å². The van der Waals surface area contributed by atoms with Crippen LogP contribution in [0.3, 0.4) is 0 Å². The third kappa shape index (κ3) is 10.3. The van der Waals surface area contributed by atoms with Gasteiger partial charge in [0, 0.05) is 10.8 Å². The molecule has 110 heavy (non-hydrogen) atoms. The molecule has 0 saturated carbocycles. The minimum Gasteiger partial charge on any atom is -0.0616 e. The molecule has 0 radical (unpaired) electrons. The molecule has 0 aromatic heterocycles. The third-order valence-corrected chi connectivity index (χ3v) is 24.4. The molecule has 0 heteroatoms. The average molecular weight is 1400 g/mol. The van der Waals surface area contributed by atoms with Crippen molar-refractivity contribution in [3.05, 3.63) is 411 Å². The smallest absolute Gasteiger partial charge is 0.0165 e. The van der Waals surface area contributed by atoms with Crippen LogP contribution in [-0.4, -0.2) is 0 Å². The van der Waals surface area contributed by atoms with Crippen molar-refractivity contribution in [2.45, 2.75) is 38.5 Å². The molecule has 0 saturated heterocycles. The topological polar surface area (TPSA) is 0 Å². The van der Waals surface area contributed by atoms with Crippen LogP contribution >= 0.6 is 0 Å². The van der Waals surface area contributed by atoms with E-state index in [4.69, 9.17) is 0 Å². The molecule has 0 spiro atoms. The first kappa shape index (κ1) is 64.8. The maximum Gasteiger partial charge on any atom is 0.0165 e. The van der Waals surface area contributed by atoms with Gasteiger partial charge in [0.25, 0.3) is 0 Å². The van der Waals surface area contributed by atoms with E-state index in [1.54, 1.807) is 0 Å². The van der Waals surface area contributed by atoms with Crippen LogP contribution in [0.1, 0.15) is 49.9 Å². The zero-order chi connectivity index (χ0) is 73.3. The lowest BCUT2D eigenvalue weighted by Gasteiger charge is -2.25. The molecular weight excluding hydrogens is 1320 g/mol. The van der Waals surface area contributed by atoms with Crippen LogP contribution in [0, 0.1) is 0 Å². The molecule has 20 aromatic rings. The quantitative estimate of drug-likeness (QED) is 0.133. The summed E-state index contributed by atoms with van der Waals surface area (Å²) < 4.78 is 0. The third-order valence-electron chi connectivity index (χ3n) is 24.4. The summed E-state index contributed by atoms with van der Waals surface area (Å²) in [4.78, 5) is 0. The molecule has 2 aliphatic rings. The van der Waals surface area contributed by atoms with Gasteiger partial charge < -0.3 is 0 Å². The van der Waals surface area contributed by atoms with E-state index < -0.39 is 0 Å². The lowest BCUT2D eigenvalue weighted by molar-refractivity contribution is 0.663. The van der Waals surface area contributed by atoms with Crippen molar-refractivity contribution in [3.63, 3.8) is 0 Å². The predicted molar refractivity (Wildman–Crippen MR) is 472 cm³/mol. The van der Waals surface area contributed by atoms with E-state index in [1.165, 1.54) is 220 Å². The molecule has 20 aromatic carbocycles. The molecule has 22 rings (SSSR count). The number of benzene rings is 20. The maximum atomic E-state index is 2.43. The van der Waals surface area contributed by atoms with Crippen LogP contribution in [0.5, 0.6) is 0 Å². The Hall–Kier alpha value is -13.5. The fourth-order valence-corrected chi connectivity index (χ4v) is 19.4. The van der Waals surface area contributed by atoms with Crippen LogP contribution in [0.4, 0.5) is 0 Å². The van der Waals surface area contributed by atoms with Crippen molar-refractivity contribution >= 4 is 86.2 Å². The Morgan fingerprint density at radius 3 is 0.855 bits per heavy atom. The lowest BCUT2D eigenvalue weighted by atomic mass is 9.78. The Morgan fingerprint density at radius 1 is 0.145 bits per heavy atom. The summed E-state index contributed by atoms with van der Waals surface area (Å²) in [7, 11) is 0. The zero-order valence-electron chi connectivity index (χ0n) is 62.0. The van der Waals surface area contributed by atoms with Gasteiger partial charge in [-0.2, -0.15) is 0 Å². The van der Waals surface area contributed by atoms with Gasteiger partial charge in [-0.3, -0.25) is 0 Å². The van der Waals surface area contributed by atoms with Crippen molar-refractivity contribution in [2.24, 2.45) is 0 Å². The highest BCUT2D eigenvalue weighted by atomic mass is 14.4. The van der Waals surface area contributed by atoms with Gasteiger partial charge in [0.1, 0.15) is 0 Å². The van der Waals surface area contributed by atoms with Gasteiger partial charge in [0.05, 0.1) is 0 Å². The second kappa shape index (κ2) is 25.6. The normalized spacial score (nSPS) is 13.1. The summed E-state index contributed by atoms with van der Waals surface area (Å²) in [5.74, 6) is 0. The van der Waals surface area contributed by atoms with Crippen LogP contribution in [0.2, 0.25) is 0 Å². The van der Waals surface area contributed by atoms with Gasteiger partial charge in [-0.25, -0.2) is 0 Å². The molecule has 0 atom stereocenters. The van der Waals surface area contributed by atoms with Gasteiger partial charge in [-0.05, 0) is 268 Å². The van der Waals surface area contributed by atoms with Gasteiger partial charge in [-0.15, -0.1) is 0 Å². The van der Waals surface area contributed by atoms with Gasteiger partial charge in [-0.1, -0.05) is 367 Å². The van der Waals surface area contributed by atoms with E-state index in [0.717, 1.165) is 0 Å². The Morgan fingerprint density at radius 2 is 0.418 bits per heavy atom. The maximum absolute atomic E-state index is 2.43. The minimum absolute atomic E-state index is 0.136. The van der Waals surface area contributed by atoms with E-state index in [0.29, 0.717) is 0 Å². The average Bonchev–Trinajstić information content (AvgIpc) is 1.68. The molecule has 0 nitrogen and oxygen atoms in total. The Kier molecular flexibility index (Phi) is 15.1. The Labute approximate surface area is 642 Å². The molecular formula is C110H76. The summed E-state index contributed by atoms with van der Waals surface area (Å²) in [6.07, 6.45) is 0. The molecule has 0 heterocycles. The monoisotopic (exact) mass is 1400 g/mol. The summed E-state index contributed by atoms with van der Waals surface area (Å²) in [6, 6.07) is 144. The molecule has 0 N–H and O–H groups in total. The van der Waals surface area contributed by atoms with Gasteiger partial charge in [0.2, 0.25) is 0 Å². The molecule has 0 bridgehead atoms. The van der Waals surface area contributed by atoms with Crippen molar-refractivity contribution in [2.75, 3.05) is 0 Å². The number of rotatable bonds is 8. The Bertz CT molecular complexity index is 7100. The molecule has 2 aliphatic carbocycles. The number of fused-ring (bicyclic) bond motifs is 14. The van der Waals surface area contributed by atoms with Crippen molar-refractivity contribution in [1.29, 1.82) is 0 Å². The first-order valence-electron chi connectivity index (χ1n) is 38.7. The first-order valence-corrected chi connectivity index (χ1v) is 38.7. The molecule has 0 unspecified atom stereocenters. The van der Waals surface area contributed by atoms with E-state index in [2.05, 4.69) is 416 Å². The van der Waals surface area contributed by atoms with E-state index in [9.17, 15) is 0 Å². The lowest BCUT2D eigenvalue weighted by Crippen LogP contribution is -2.16. The van der Waals surface area contributed by atoms with Crippen molar-refractivity contribution < 1.29 is 0 Å². The summed E-state index contributed by atoms with van der Waals surface area (Å²) in [5.41, 5.74) is 30.9. The summed E-state index contributed by atoms with van der Waals surface area (Å²) in [6.45, 7) is 9.59. The highest BCUT2D eigenvalue weighted by Gasteiger charge is 2.40. The number of hydrogen-bond donors (Lipinski definition) is 0. The van der Waals surface area contributed by atoms with Crippen LogP contribution in [0.15, 0.2) is 388 Å². The largest absolute Gasteiger partial charge is 0.0616 e. The molecule has 0 aliphatic heterocycles. The summed E-state index contributed by atoms with van der Waals surface area (Å²) in [5, 5.41) is 20.3. The van der Waals surface area contributed by atoms with Crippen LogP contribution in [0.25, 0.3) is 197 Å². The summed E-state index contributed by atoms with van der Waals surface area (Å²) >= 11 is 0. The minimum atomic E-state index is -0.138. The van der Waals surface area contributed by atoms with Crippen molar-refractivity contribution in [3.8, 4) is 111 Å². The van der Waals surface area contributed by atoms with E-state index in [-0.39, 0.29) is 10.8 Å². The Balaban J connectivity index is 0.000000140. The van der Waals surface area contributed by atoms with E-state index >= 15 is 0 Å². The van der Waals surface area contributed by atoms with Gasteiger partial charge in [0.15, 0.2) is 0 Å². The molecule has 516 valence electrons. The van der Waals surface area contributed by atoms with E-state index in [1.807, 2.05) is 0 Å². The highest BCUT2D eigenvalue weighted by Crippen LogP contribution is 2.57. The second-order valence-corrected chi connectivity index (χ2v) is 31.3.